The van der Waals surface area contributed by atoms with Crippen molar-refractivity contribution in [3.8, 4) is 0 Å². The van der Waals surface area contributed by atoms with Crippen LogP contribution in [-0.2, 0) is 13.1 Å². The molecule has 0 saturated carbocycles. The van der Waals surface area contributed by atoms with Crippen LogP contribution in [0, 0.1) is 10.1 Å². The van der Waals surface area contributed by atoms with E-state index >= 15 is 0 Å². The van der Waals surface area contributed by atoms with Gasteiger partial charge in [0.2, 0.25) is 5.95 Å². The molecule has 9 nitrogen and oxygen atoms in total. The minimum absolute atomic E-state index is 0.0620. The first-order valence-electron chi connectivity index (χ1n) is 9.06. The molecule has 0 unspecified atom stereocenters. The molecule has 0 aliphatic rings. The van der Waals surface area contributed by atoms with E-state index in [1.54, 1.807) is 6.07 Å². The summed E-state index contributed by atoms with van der Waals surface area (Å²) in [6.45, 7) is 3.18. The minimum atomic E-state index is -0.488. The van der Waals surface area contributed by atoms with E-state index in [1.165, 1.54) is 28.4 Å². The highest BCUT2D eigenvalue weighted by atomic mass is 32.1. The number of thiophene rings is 1. The van der Waals surface area contributed by atoms with Gasteiger partial charge in [-0.2, -0.15) is 5.10 Å². The number of hydrogen-bond donors (Lipinski definition) is 1. The Balaban J connectivity index is 1.51. The van der Waals surface area contributed by atoms with Crippen LogP contribution in [0.1, 0.15) is 28.6 Å². The maximum absolute atomic E-state index is 12.7. The van der Waals surface area contributed by atoms with Gasteiger partial charge in [0.05, 0.1) is 27.4 Å². The summed E-state index contributed by atoms with van der Waals surface area (Å²) in [5, 5.41) is 19.5. The van der Waals surface area contributed by atoms with E-state index in [9.17, 15) is 14.9 Å². The van der Waals surface area contributed by atoms with Gasteiger partial charge in [0.25, 0.3) is 5.91 Å². The van der Waals surface area contributed by atoms with Crippen LogP contribution in [0.25, 0.3) is 11.0 Å². The molecule has 0 spiro atoms. The number of nitrogens with zero attached hydrogens (tertiary/aromatic N) is 5. The minimum Gasteiger partial charge on any atom is -0.310 e. The summed E-state index contributed by atoms with van der Waals surface area (Å²) in [6, 6.07) is 9.54. The Morgan fingerprint density at radius 3 is 2.93 bits per heavy atom. The Morgan fingerprint density at radius 1 is 1.34 bits per heavy atom. The fourth-order valence-electron chi connectivity index (χ4n) is 3.08. The lowest BCUT2D eigenvalue weighted by molar-refractivity contribution is -0.385. The van der Waals surface area contributed by atoms with E-state index in [4.69, 9.17) is 0 Å². The summed E-state index contributed by atoms with van der Waals surface area (Å²) in [5.74, 6) is 0.288. The van der Waals surface area contributed by atoms with Gasteiger partial charge in [0.15, 0.2) is 0 Å². The van der Waals surface area contributed by atoms with E-state index in [0.29, 0.717) is 17.4 Å². The number of imidazole rings is 1. The zero-order chi connectivity index (χ0) is 20.4. The summed E-state index contributed by atoms with van der Waals surface area (Å²) in [6.07, 6.45) is 3.49. The Bertz CT molecular complexity index is 1190. The molecule has 10 heteroatoms. The van der Waals surface area contributed by atoms with Gasteiger partial charge in [-0.05, 0) is 35.6 Å². The van der Waals surface area contributed by atoms with E-state index in [-0.39, 0.29) is 11.6 Å². The van der Waals surface area contributed by atoms with Crippen molar-refractivity contribution in [3.63, 3.8) is 0 Å². The summed E-state index contributed by atoms with van der Waals surface area (Å²) in [4.78, 5) is 28.1. The Labute approximate surface area is 169 Å². The van der Waals surface area contributed by atoms with Gasteiger partial charge >= 0.3 is 5.69 Å². The zero-order valence-electron chi connectivity index (χ0n) is 15.6. The second kappa shape index (κ2) is 7.84. The van der Waals surface area contributed by atoms with Crippen molar-refractivity contribution in [1.82, 2.24) is 19.3 Å². The standard InChI is InChI=1S/C19H18N6O3S/c1-2-7-24-16-6-4-3-5-15(16)21-19(24)22-18(26)17-8-13(12-29-17)10-23-11-14(9-20-23)25(27)28/h3-6,8-9,11-12H,2,7,10H2,1H3,(H,21,22,26). The van der Waals surface area contributed by atoms with Crippen molar-refractivity contribution < 1.29 is 9.72 Å². The van der Waals surface area contributed by atoms with Crippen molar-refractivity contribution >= 4 is 39.9 Å². The highest BCUT2D eigenvalue weighted by Gasteiger charge is 2.16. The summed E-state index contributed by atoms with van der Waals surface area (Å²) >= 11 is 1.31. The van der Waals surface area contributed by atoms with Gasteiger partial charge in [-0.25, -0.2) is 4.98 Å². The maximum atomic E-state index is 12.7. The zero-order valence-corrected chi connectivity index (χ0v) is 16.4. The number of para-hydroxylation sites is 2. The van der Waals surface area contributed by atoms with Crippen LogP contribution < -0.4 is 5.32 Å². The van der Waals surface area contributed by atoms with Crippen LogP contribution in [0.2, 0.25) is 0 Å². The molecule has 29 heavy (non-hydrogen) atoms. The number of benzene rings is 1. The topological polar surface area (TPSA) is 108 Å². The highest BCUT2D eigenvalue weighted by molar-refractivity contribution is 7.12. The predicted molar refractivity (Wildman–Crippen MR) is 110 cm³/mol. The third-order valence-electron chi connectivity index (χ3n) is 4.38. The fourth-order valence-corrected chi connectivity index (χ4v) is 3.88. The molecule has 0 saturated heterocycles. The lowest BCUT2D eigenvalue weighted by atomic mass is 10.3. The Hall–Kier alpha value is -3.53. The molecule has 4 aromatic rings. The van der Waals surface area contributed by atoms with Gasteiger partial charge in [-0.3, -0.25) is 24.9 Å². The summed E-state index contributed by atoms with van der Waals surface area (Å²) < 4.78 is 3.48. The lowest BCUT2D eigenvalue weighted by Crippen LogP contribution is -2.15. The van der Waals surface area contributed by atoms with Crippen molar-refractivity contribution in [2.45, 2.75) is 26.4 Å². The quantitative estimate of drug-likeness (QED) is 0.367. The van der Waals surface area contributed by atoms with Crippen LogP contribution >= 0.6 is 11.3 Å². The maximum Gasteiger partial charge on any atom is 0.307 e. The Kier molecular flexibility index (Phi) is 5.09. The SMILES string of the molecule is CCCn1c(NC(=O)c2cc(Cn3cc([N+](=O)[O-])cn3)cs2)nc2ccccc21. The molecule has 0 radical (unpaired) electrons. The number of anilines is 1. The largest absolute Gasteiger partial charge is 0.310 e. The van der Waals surface area contributed by atoms with E-state index in [0.717, 1.165) is 29.6 Å². The molecule has 1 N–H and O–H groups in total. The summed E-state index contributed by atoms with van der Waals surface area (Å²) in [7, 11) is 0. The molecule has 0 bridgehead atoms. The van der Waals surface area contributed by atoms with Crippen molar-refractivity contribution in [3.05, 3.63) is 68.7 Å². The predicted octanol–water partition coefficient (Wildman–Crippen LogP) is 3.91. The number of nitro groups is 1. The molecule has 3 heterocycles. The first-order valence-corrected chi connectivity index (χ1v) is 9.94. The number of rotatable bonds is 7. The van der Waals surface area contributed by atoms with Crippen LogP contribution in [0.5, 0.6) is 0 Å². The average molecular weight is 410 g/mol. The first kappa shape index (κ1) is 18.8. The molecule has 0 atom stereocenters. The third-order valence-corrected chi connectivity index (χ3v) is 5.36. The number of carbonyl (C=O) groups excluding carboxylic acids is 1. The highest BCUT2D eigenvalue weighted by Crippen LogP contribution is 2.22. The molecule has 0 fully saturated rings. The van der Waals surface area contributed by atoms with Crippen molar-refractivity contribution in [2.75, 3.05) is 5.32 Å². The van der Waals surface area contributed by atoms with Gasteiger partial charge in [-0.15, -0.1) is 11.3 Å². The van der Waals surface area contributed by atoms with E-state index in [2.05, 4.69) is 22.3 Å². The fraction of sp³-hybridized carbons (Fsp3) is 0.211. The first-order chi connectivity index (χ1) is 14.0. The molecule has 0 aliphatic carbocycles. The van der Waals surface area contributed by atoms with Crippen LogP contribution in [0.4, 0.5) is 11.6 Å². The molecule has 1 aromatic carbocycles. The van der Waals surface area contributed by atoms with Crippen LogP contribution in [0.3, 0.4) is 0 Å². The number of fused-ring (bicyclic) bond motifs is 1. The number of nitrogens with one attached hydrogen (secondary N) is 1. The molecule has 148 valence electrons. The van der Waals surface area contributed by atoms with Gasteiger partial charge in [-0.1, -0.05) is 19.1 Å². The van der Waals surface area contributed by atoms with Gasteiger partial charge in [0, 0.05) is 6.54 Å². The molecule has 3 aromatic heterocycles. The van der Waals surface area contributed by atoms with Gasteiger partial charge < -0.3 is 4.57 Å². The number of aromatic nitrogens is 4. The lowest BCUT2D eigenvalue weighted by Gasteiger charge is -2.08. The molecular formula is C19H18N6O3S. The van der Waals surface area contributed by atoms with E-state index in [1.807, 2.05) is 34.2 Å². The smallest absolute Gasteiger partial charge is 0.307 e. The summed E-state index contributed by atoms with van der Waals surface area (Å²) in [5.41, 5.74) is 2.61. The van der Waals surface area contributed by atoms with Gasteiger partial charge in [0.1, 0.15) is 12.4 Å². The molecule has 0 aliphatic heterocycles. The van der Waals surface area contributed by atoms with E-state index < -0.39 is 4.92 Å². The normalized spacial score (nSPS) is 11.1. The third kappa shape index (κ3) is 3.87. The second-order valence-electron chi connectivity index (χ2n) is 6.50. The Morgan fingerprint density at radius 2 is 2.17 bits per heavy atom. The monoisotopic (exact) mass is 410 g/mol. The number of amides is 1. The number of carbonyl (C=O) groups is 1. The second-order valence-corrected chi connectivity index (χ2v) is 7.41. The number of hydrogen-bond acceptors (Lipinski definition) is 6. The molecular weight excluding hydrogens is 392 g/mol. The van der Waals surface area contributed by atoms with Crippen LogP contribution in [0.15, 0.2) is 48.1 Å². The number of aryl methyl sites for hydroxylation is 1. The molecule has 4 rings (SSSR count). The van der Waals surface area contributed by atoms with Crippen LogP contribution in [-0.4, -0.2) is 30.2 Å². The van der Waals surface area contributed by atoms with Crippen molar-refractivity contribution in [2.24, 2.45) is 0 Å². The van der Waals surface area contributed by atoms with Crippen molar-refractivity contribution in [1.29, 1.82) is 0 Å². The molecule has 1 amide bonds. The average Bonchev–Trinajstić information content (AvgIpc) is 3.42.